The van der Waals surface area contributed by atoms with Crippen LogP contribution in [0.5, 0.6) is 0 Å². The number of anilines is 1. The first kappa shape index (κ1) is 20.9. The second kappa shape index (κ2) is 8.84. The Morgan fingerprint density at radius 1 is 1.12 bits per heavy atom. The minimum atomic E-state index is -1.33. The Bertz CT molecular complexity index is 677. The number of methoxy groups -OCH3 is 1. The van der Waals surface area contributed by atoms with E-state index < -0.39 is 42.0 Å². The third-order valence-corrected chi connectivity index (χ3v) is 2.96. The average molecular weight is 366 g/mol. The maximum atomic E-state index is 12.3. The summed E-state index contributed by atoms with van der Waals surface area (Å²) in [5, 5.41) is 13.7. The number of hydrogen-bond donors (Lipinski definition) is 3. The van der Waals surface area contributed by atoms with Gasteiger partial charge < -0.3 is 25.2 Å². The van der Waals surface area contributed by atoms with Gasteiger partial charge in [-0.15, -0.1) is 0 Å². The summed E-state index contributed by atoms with van der Waals surface area (Å²) in [6, 6.07) is 4.46. The normalized spacial score (nSPS) is 11.8. The lowest BCUT2D eigenvalue weighted by Gasteiger charge is -2.22. The second-order valence-corrected chi connectivity index (χ2v) is 6.35. The van der Waals surface area contributed by atoms with E-state index in [-0.39, 0.29) is 0 Å². The fraction of sp³-hybridized carbons (Fsp3) is 0.412. The van der Waals surface area contributed by atoms with E-state index in [4.69, 9.17) is 9.84 Å². The maximum Gasteiger partial charge on any atom is 0.408 e. The fourth-order valence-corrected chi connectivity index (χ4v) is 1.87. The van der Waals surface area contributed by atoms with Crippen molar-refractivity contribution in [2.45, 2.75) is 38.8 Å². The van der Waals surface area contributed by atoms with Gasteiger partial charge >= 0.3 is 18.0 Å². The van der Waals surface area contributed by atoms with E-state index >= 15 is 0 Å². The number of benzene rings is 1. The lowest BCUT2D eigenvalue weighted by Crippen LogP contribution is -2.46. The maximum absolute atomic E-state index is 12.3. The predicted molar refractivity (Wildman–Crippen MR) is 91.8 cm³/mol. The smallest absolute Gasteiger partial charge is 0.408 e. The molecule has 0 aliphatic carbocycles. The third kappa shape index (κ3) is 7.20. The van der Waals surface area contributed by atoms with Crippen molar-refractivity contribution in [1.29, 1.82) is 0 Å². The molecule has 1 rings (SSSR count). The Balaban J connectivity index is 2.81. The molecule has 9 nitrogen and oxygen atoms in total. The SMILES string of the molecule is COC(=O)c1ccc(NC(=O)C(CC(=O)O)NC(=O)OC(C)(C)C)cc1. The number of esters is 1. The van der Waals surface area contributed by atoms with Crippen molar-refractivity contribution in [3.05, 3.63) is 29.8 Å². The molecule has 0 aliphatic heterocycles. The summed E-state index contributed by atoms with van der Waals surface area (Å²) in [7, 11) is 1.25. The number of hydrogen-bond acceptors (Lipinski definition) is 6. The van der Waals surface area contributed by atoms with Gasteiger partial charge in [0, 0.05) is 5.69 Å². The molecule has 0 fully saturated rings. The van der Waals surface area contributed by atoms with Crippen molar-refractivity contribution in [2.75, 3.05) is 12.4 Å². The number of aliphatic carboxylic acids is 1. The van der Waals surface area contributed by atoms with Crippen molar-refractivity contribution >= 4 is 29.6 Å². The molecule has 0 bridgehead atoms. The van der Waals surface area contributed by atoms with Crippen LogP contribution >= 0.6 is 0 Å². The first-order chi connectivity index (χ1) is 12.0. The summed E-state index contributed by atoms with van der Waals surface area (Å²) in [5.41, 5.74) is -0.179. The molecular weight excluding hydrogens is 344 g/mol. The molecule has 26 heavy (non-hydrogen) atoms. The van der Waals surface area contributed by atoms with E-state index in [0.717, 1.165) is 0 Å². The summed E-state index contributed by atoms with van der Waals surface area (Å²) in [5.74, 6) is -2.52. The molecule has 1 unspecified atom stereocenters. The highest BCUT2D eigenvalue weighted by Gasteiger charge is 2.26. The molecule has 0 saturated carbocycles. The number of alkyl carbamates (subject to hydrolysis) is 1. The number of rotatable bonds is 6. The zero-order chi connectivity index (χ0) is 19.9. The van der Waals surface area contributed by atoms with E-state index in [2.05, 4.69) is 15.4 Å². The van der Waals surface area contributed by atoms with Crippen LogP contribution in [-0.4, -0.2) is 47.8 Å². The van der Waals surface area contributed by atoms with Crippen molar-refractivity contribution in [3.63, 3.8) is 0 Å². The van der Waals surface area contributed by atoms with Gasteiger partial charge in [0.1, 0.15) is 11.6 Å². The standard InChI is InChI=1S/C17H22N2O7/c1-17(2,3)26-16(24)19-12(9-13(20)21)14(22)18-11-7-5-10(6-8-11)15(23)25-4/h5-8,12H,9H2,1-4H3,(H,18,22)(H,19,24)(H,20,21). The second-order valence-electron chi connectivity index (χ2n) is 6.35. The summed E-state index contributed by atoms with van der Waals surface area (Å²) in [6.07, 6.45) is -1.52. The molecule has 1 atom stereocenters. The highest BCUT2D eigenvalue weighted by Crippen LogP contribution is 2.12. The summed E-state index contributed by atoms with van der Waals surface area (Å²) in [4.78, 5) is 46.4. The Morgan fingerprint density at radius 3 is 2.15 bits per heavy atom. The number of amides is 2. The van der Waals surface area contributed by atoms with Crippen molar-refractivity contribution in [3.8, 4) is 0 Å². The Kier molecular flexibility index (Phi) is 7.12. The van der Waals surface area contributed by atoms with Gasteiger partial charge in [-0.1, -0.05) is 0 Å². The zero-order valence-electron chi connectivity index (χ0n) is 15.0. The van der Waals surface area contributed by atoms with Crippen LogP contribution in [-0.2, 0) is 19.1 Å². The molecule has 142 valence electrons. The van der Waals surface area contributed by atoms with E-state index in [1.54, 1.807) is 20.8 Å². The van der Waals surface area contributed by atoms with Crippen LogP contribution < -0.4 is 10.6 Å². The number of carbonyl (C=O) groups excluding carboxylic acids is 3. The molecular formula is C17H22N2O7. The van der Waals surface area contributed by atoms with Crippen LogP contribution in [0.1, 0.15) is 37.6 Å². The Morgan fingerprint density at radius 2 is 1.69 bits per heavy atom. The largest absolute Gasteiger partial charge is 0.481 e. The lowest BCUT2D eigenvalue weighted by molar-refractivity contribution is -0.139. The van der Waals surface area contributed by atoms with Crippen LogP contribution in [0.25, 0.3) is 0 Å². The summed E-state index contributed by atoms with van der Waals surface area (Å²) in [6.45, 7) is 4.92. The third-order valence-electron chi connectivity index (χ3n) is 2.96. The monoisotopic (exact) mass is 366 g/mol. The number of carboxylic acid groups (broad SMARTS) is 1. The zero-order valence-corrected chi connectivity index (χ0v) is 15.0. The number of carboxylic acids is 1. The molecule has 0 saturated heterocycles. The molecule has 2 amide bonds. The molecule has 1 aromatic carbocycles. The molecule has 0 radical (unpaired) electrons. The van der Waals surface area contributed by atoms with Gasteiger partial charge in [0.05, 0.1) is 19.1 Å². The van der Waals surface area contributed by atoms with Gasteiger partial charge in [-0.2, -0.15) is 0 Å². The quantitative estimate of drug-likeness (QED) is 0.654. The topological polar surface area (TPSA) is 131 Å². The van der Waals surface area contributed by atoms with Gasteiger partial charge in [-0.25, -0.2) is 9.59 Å². The molecule has 3 N–H and O–H groups in total. The highest BCUT2D eigenvalue weighted by molar-refractivity contribution is 5.99. The Labute approximate surface area is 150 Å². The van der Waals surface area contributed by atoms with Crippen LogP contribution in [0, 0.1) is 0 Å². The molecule has 9 heteroatoms. The fourth-order valence-electron chi connectivity index (χ4n) is 1.87. The number of nitrogens with one attached hydrogen (secondary N) is 2. The number of carbonyl (C=O) groups is 4. The van der Waals surface area contributed by atoms with E-state index in [1.807, 2.05) is 0 Å². The number of ether oxygens (including phenoxy) is 2. The van der Waals surface area contributed by atoms with Crippen molar-refractivity contribution in [1.82, 2.24) is 5.32 Å². The minimum Gasteiger partial charge on any atom is -0.481 e. The lowest BCUT2D eigenvalue weighted by atomic mass is 10.1. The molecule has 0 aromatic heterocycles. The van der Waals surface area contributed by atoms with Gasteiger partial charge in [0.15, 0.2) is 0 Å². The van der Waals surface area contributed by atoms with E-state index in [9.17, 15) is 19.2 Å². The van der Waals surface area contributed by atoms with E-state index in [1.165, 1.54) is 31.4 Å². The highest BCUT2D eigenvalue weighted by atomic mass is 16.6. The van der Waals surface area contributed by atoms with Crippen molar-refractivity contribution < 1.29 is 33.8 Å². The van der Waals surface area contributed by atoms with Crippen molar-refractivity contribution in [2.24, 2.45) is 0 Å². The van der Waals surface area contributed by atoms with Gasteiger partial charge in [0.2, 0.25) is 5.91 Å². The first-order valence-electron chi connectivity index (χ1n) is 7.72. The average Bonchev–Trinajstić information content (AvgIpc) is 2.52. The molecule has 0 heterocycles. The van der Waals surface area contributed by atoms with Gasteiger partial charge in [-0.3, -0.25) is 9.59 Å². The first-order valence-corrected chi connectivity index (χ1v) is 7.72. The van der Waals surface area contributed by atoms with E-state index in [0.29, 0.717) is 11.3 Å². The van der Waals surface area contributed by atoms with Crippen LogP contribution in [0.3, 0.4) is 0 Å². The van der Waals surface area contributed by atoms with Crippen LogP contribution in [0.4, 0.5) is 10.5 Å². The summed E-state index contributed by atoms with van der Waals surface area (Å²) < 4.78 is 9.60. The Hall–Kier alpha value is -3.10. The minimum absolute atomic E-state index is 0.291. The molecule has 0 aliphatic rings. The van der Waals surface area contributed by atoms with Crippen LogP contribution in [0.2, 0.25) is 0 Å². The molecule has 0 spiro atoms. The van der Waals surface area contributed by atoms with Crippen LogP contribution in [0.15, 0.2) is 24.3 Å². The van der Waals surface area contributed by atoms with Gasteiger partial charge in [0.25, 0.3) is 0 Å². The summed E-state index contributed by atoms with van der Waals surface area (Å²) >= 11 is 0. The predicted octanol–water partition coefficient (Wildman–Crippen LogP) is 1.78. The molecule has 1 aromatic rings. The van der Waals surface area contributed by atoms with Gasteiger partial charge in [-0.05, 0) is 45.0 Å².